The van der Waals surface area contributed by atoms with Crippen molar-refractivity contribution in [2.24, 2.45) is 0 Å². The van der Waals surface area contributed by atoms with Crippen LogP contribution in [0.3, 0.4) is 0 Å². The van der Waals surface area contributed by atoms with Crippen molar-refractivity contribution in [1.82, 2.24) is 0 Å². The van der Waals surface area contributed by atoms with Gasteiger partial charge in [0.1, 0.15) is 0 Å². The van der Waals surface area contributed by atoms with Crippen molar-refractivity contribution in [3.05, 3.63) is 59.1 Å². The van der Waals surface area contributed by atoms with E-state index in [0.29, 0.717) is 22.0 Å². The van der Waals surface area contributed by atoms with Gasteiger partial charge in [-0.2, -0.15) is 0 Å². The Balaban J connectivity index is 1.85. The number of likely N-dealkylation sites (N-methyl/N-ethyl adjacent to an activating group) is 1. The molecule has 6 nitrogen and oxygen atoms in total. The van der Waals surface area contributed by atoms with Gasteiger partial charge in [-0.25, -0.2) is 0 Å². The molecule has 2 amide bonds. The first-order valence-electron chi connectivity index (χ1n) is 8.11. The van der Waals surface area contributed by atoms with Crippen LogP contribution < -0.4 is 15.5 Å². The van der Waals surface area contributed by atoms with E-state index >= 15 is 0 Å². The van der Waals surface area contributed by atoms with E-state index in [1.54, 1.807) is 55.6 Å². The van der Waals surface area contributed by atoms with Crippen molar-refractivity contribution >= 4 is 40.6 Å². The van der Waals surface area contributed by atoms with Crippen LogP contribution in [0.5, 0.6) is 0 Å². The number of hydrogen-bond acceptors (Lipinski definition) is 3. The van der Waals surface area contributed by atoms with Gasteiger partial charge < -0.3 is 15.5 Å². The molecule has 2 rings (SSSR count). The second-order valence-electron chi connectivity index (χ2n) is 6.02. The molecule has 26 heavy (non-hydrogen) atoms. The van der Waals surface area contributed by atoms with Crippen LogP contribution in [0.4, 0.5) is 11.4 Å². The van der Waals surface area contributed by atoms with Crippen LogP contribution >= 0.6 is 11.6 Å². The number of carbonyl (C=O) groups excluding carboxylic acids is 3. The fraction of sp³-hybridized carbons (Fsp3) is 0.211. The highest BCUT2D eigenvalue weighted by atomic mass is 35.5. The van der Waals surface area contributed by atoms with E-state index in [4.69, 9.17) is 11.6 Å². The molecule has 1 atom stereocenters. The predicted molar refractivity (Wildman–Crippen MR) is 102 cm³/mol. The maximum Gasteiger partial charge on any atom is 0.279 e. The number of halogens is 1. The number of rotatable bonds is 7. The Hall–Kier alpha value is -2.70. The molecule has 7 heteroatoms. The van der Waals surface area contributed by atoms with Crippen molar-refractivity contribution in [3.63, 3.8) is 0 Å². The topological polar surface area (TPSA) is 79.7 Å². The first kappa shape index (κ1) is 19.6. The molecule has 0 aromatic heterocycles. The summed E-state index contributed by atoms with van der Waals surface area (Å²) in [6.07, 6.45) is 0. The quantitative estimate of drug-likeness (QED) is 0.644. The summed E-state index contributed by atoms with van der Waals surface area (Å²) in [4.78, 5) is 36.3. The van der Waals surface area contributed by atoms with Gasteiger partial charge in [0.25, 0.3) is 11.8 Å². The Morgan fingerprint density at radius 2 is 1.62 bits per heavy atom. The molecule has 2 aromatic rings. The predicted octanol–water partition coefficient (Wildman–Crippen LogP) is 1.63. The van der Waals surface area contributed by atoms with Crippen molar-refractivity contribution in [3.8, 4) is 0 Å². The molecule has 0 radical (unpaired) electrons. The van der Waals surface area contributed by atoms with Crippen LogP contribution in [-0.2, 0) is 9.59 Å². The van der Waals surface area contributed by atoms with Gasteiger partial charge in [-0.3, -0.25) is 14.4 Å². The molecule has 0 aliphatic heterocycles. The molecule has 0 spiro atoms. The van der Waals surface area contributed by atoms with E-state index < -0.39 is 0 Å². The highest BCUT2D eigenvalue weighted by molar-refractivity contribution is 6.33. The molecule has 0 heterocycles. The fourth-order valence-corrected chi connectivity index (χ4v) is 2.57. The fourth-order valence-electron chi connectivity index (χ4n) is 2.39. The molecular weight excluding hydrogens is 354 g/mol. The molecule has 0 saturated heterocycles. The Morgan fingerprint density at radius 3 is 2.27 bits per heavy atom. The van der Waals surface area contributed by atoms with E-state index in [1.165, 1.54) is 6.92 Å². The van der Waals surface area contributed by atoms with E-state index in [-0.39, 0.29) is 30.7 Å². The Labute approximate surface area is 157 Å². The number of para-hydroxylation sites is 1. The lowest BCUT2D eigenvalue weighted by Gasteiger charge is -2.14. The van der Waals surface area contributed by atoms with Crippen molar-refractivity contribution < 1.29 is 19.3 Å². The lowest BCUT2D eigenvalue weighted by Crippen LogP contribution is -3.11. The van der Waals surface area contributed by atoms with Gasteiger partial charge in [0, 0.05) is 11.3 Å². The monoisotopic (exact) mass is 374 g/mol. The summed E-state index contributed by atoms with van der Waals surface area (Å²) in [5, 5.41) is 5.92. The third kappa shape index (κ3) is 5.98. The zero-order valence-electron chi connectivity index (χ0n) is 14.6. The molecule has 136 valence electrons. The van der Waals surface area contributed by atoms with Crippen LogP contribution in [0.25, 0.3) is 0 Å². The highest BCUT2D eigenvalue weighted by Gasteiger charge is 2.15. The number of ketones is 1. The first-order valence-corrected chi connectivity index (χ1v) is 8.49. The summed E-state index contributed by atoms with van der Waals surface area (Å²) in [5.74, 6) is -0.546. The van der Waals surface area contributed by atoms with Gasteiger partial charge in [0.05, 0.1) is 17.8 Å². The van der Waals surface area contributed by atoms with E-state index in [2.05, 4.69) is 10.6 Å². The summed E-state index contributed by atoms with van der Waals surface area (Å²) >= 11 is 6.00. The molecule has 0 bridgehead atoms. The lowest BCUT2D eigenvalue weighted by molar-refractivity contribution is -0.862. The van der Waals surface area contributed by atoms with Gasteiger partial charge in [-0.15, -0.1) is 0 Å². The third-order valence-corrected chi connectivity index (χ3v) is 3.96. The summed E-state index contributed by atoms with van der Waals surface area (Å²) in [7, 11) is 1.75. The summed E-state index contributed by atoms with van der Waals surface area (Å²) in [6.45, 7) is 1.70. The van der Waals surface area contributed by atoms with Crippen molar-refractivity contribution in [2.45, 2.75) is 6.92 Å². The Bertz CT molecular complexity index is 823. The van der Waals surface area contributed by atoms with Crippen LogP contribution in [-0.4, -0.2) is 37.7 Å². The average Bonchev–Trinajstić information content (AvgIpc) is 2.56. The minimum absolute atomic E-state index is 0.0694. The van der Waals surface area contributed by atoms with Gasteiger partial charge in [0.15, 0.2) is 18.9 Å². The Morgan fingerprint density at radius 1 is 0.962 bits per heavy atom. The standard InChI is InChI=1S/C19H20ClN3O3/c1-13(24)14-6-5-7-15(10-14)21-18(25)11-23(2)12-19(26)22-17-9-4-3-8-16(17)20/h3-10H,11-12H2,1-2H3,(H,21,25)(H,22,26)/p+1. The molecule has 1 unspecified atom stereocenters. The zero-order valence-corrected chi connectivity index (χ0v) is 15.4. The normalized spacial score (nSPS) is 11.5. The van der Waals surface area contributed by atoms with E-state index in [1.807, 2.05) is 0 Å². The molecule has 3 N–H and O–H groups in total. The van der Waals surface area contributed by atoms with Crippen LogP contribution in [0.2, 0.25) is 5.02 Å². The number of anilines is 2. The third-order valence-electron chi connectivity index (χ3n) is 3.63. The number of quaternary nitrogens is 1. The zero-order chi connectivity index (χ0) is 19.1. The smallest absolute Gasteiger partial charge is 0.279 e. The van der Waals surface area contributed by atoms with Crippen molar-refractivity contribution in [1.29, 1.82) is 0 Å². The van der Waals surface area contributed by atoms with Gasteiger partial charge in [-0.1, -0.05) is 35.9 Å². The number of amides is 2. The van der Waals surface area contributed by atoms with Crippen LogP contribution in [0.1, 0.15) is 17.3 Å². The minimum atomic E-state index is -0.242. The molecule has 2 aromatic carbocycles. The van der Waals surface area contributed by atoms with E-state index in [9.17, 15) is 14.4 Å². The van der Waals surface area contributed by atoms with Gasteiger partial charge in [-0.05, 0) is 31.2 Å². The summed E-state index contributed by atoms with van der Waals surface area (Å²) < 4.78 is 0. The molecular formula is C19H21ClN3O3+. The average molecular weight is 375 g/mol. The second kappa shape index (κ2) is 9.12. The Kier molecular flexibility index (Phi) is 6.89. The van der Waals surface area contributed by atoms with Crippen LogP contribution in [0, 0.1) is 0 Å². The lowest BCUT2D eigenvalue weighted by atomic mass is 10.1. The first-order chi connectivity index (χ1) is 12.3. The maximum atomic E-state index is 12.1. The molecule has 0 saturated carbocycles. The number of Topliss-reactive ketones (excluding diaryl/α,β-unsaturated/α-hetero) is 1. The molecule has 0 aliphatic carbocycles. The molecule has 0 aliphatic rings. The number of nitrogens with one attached hydrogen (secondary N) is 3. The number of carbonyl (C=O) groups is 3. The highest BCUT2D eigenvalue weighted by Crippen LogP contribution is 2.19. The maximum absolute atomic E-state index is 12.1. The SMILES string of the molecule is CC(=O)c1cccc(NC(=O)C[NH+](C)CC(=O)Nc2ccccc2Cl)c1. The molecule has 0 fully saturated rings. The summed E-state index contributed by atoms with van der Waals surface area (Å²) in [6, 6.07) is 13.7. The largest absolute Gasteiger partial charge is 0.322 e. The van der Waals surface area contributed by atoms with Crippen molar-refractivity contribution in [2.75, 3.05) is 30.8 Å². The number of hydrogen-bond donors (Lipinski definition) is 3. The van der Waals surface area contributed by atoms with Crippen LogP contribution in [0.15, 0.2) is 48.5 Å². The van der Waals surface area contributed by atoms with Gasteiger partial charge in [0.2, 0.25) is 0 Å². The number of benzene rings is 2. The van der Waals surface area contributed by atoms with E-state index in [0.717, 1.165) is 4.90 Å². The second-order valence-corrected chi connectivity index (χ2v) is 6.43. The van der Waals surface area contributed by atoms with Gasteiger partial charge >= 0.3 is 0 Å². The summed E-state index contributed by atoms with van der Waals surface area (Å²) in [5.41, 5.74) is 1.62. The minimum Gasteiger partial charge on any atom is -0.322 e.